The SMILES string of the molecule is CC.CC(C)(C)OC(=O)NC1CN(c2ccc(C#N)c(C(F)(F)F)c2)C1. The second-order valence-electron chi connectivity index (χ2n) is 6.59. The predicted molar refractivity (Wildman–Crippen MR) is 92.9 cm³/mol. The molecule has 26 heavy (non-hydrogen) atoms. The third-order valence-corrected chi connectivity index (χ3v) is 3.40. The minimum absolute atomic E-state index is 0.190. The zero-order valence-corrected chi connectivity index (χ0v) is 15.6. The van der Waals surface area contributed by atoms with E-state index >= 15 is 0 Å². The maximum absolute atomic E-state index is 13.0. The quantitative estimate of drug-likeness (QED) is 0.841. The topological polar surface area (TPSA) is 65.4 Å². The Balaban J connectivity index is 0.00000163. The van der Waals surface area contributed by atoms with Crippen molar-refractivity contribution in [3.05, 3.63) is 29.3 Å². The van der Waals surface area contributed by atoms with Gasteiger partial charge >= 0.3 is 12.3 Å². The number of ether oxygens (including phenoxy) is 1. The molecule has 0 bridgehead atoms. The number of nitrogens with zero attached hydrogens (tertiary/aromatic N) is 2. The average Bonchev–Trinajstić information content (AvgIpc) is 2.49. The predicted octanol–water partition coefficient (Wildman–Crippen LogP) is 4.32. The number of carbonyl (C=O) groups excluding carboxylic acids is 1. The van der Waals surface area contributed by atoms with Gasteiger partial charge in [0.05, 0.1) is 23.2 Å². The molecule has 0 aromatic heterocycles. The summed E-state index contributed by atoms with van der Waals surface area (Å²) in [5.74, 6) is 0. The molecule has 144 valence electrons. The summed E-state index contributed by atoms with van der Waals surface area (Å²) in [5, 5.41) is 11.5. The van der Waals surface area contributed by atoms with Gasteiger partial charge in [0, 0.05) is 18.8 Å². The summed E-state index contributed by atoms with van der Waals surface area (Å²) in [7, 11) is 0. The van der Waals surface area contributed by atoms with E-state index in [4.69, 9.17) is 10.00 Å². The molecule has 1 aliphatic rings. The van der Waals surface area contributed by atoms with E-state index in [2.05, 4.69) is 5.32 Å². The largest absolute Gasteiger partial charge is 0.444 e. The summed E-state index contributed by atoms with van der Waals surface area (Å²) in [6.07, 6.45) is -5.14. The number of amides is 1. The lowest BCUT2D eigenvalue weighted by Gasteiger charge is -2.41. The molecule has 1 heterocycles. The first-order chi connectivity index (χ1) is 12.0. The molecule has 0 unspecified atom stereocenters. The number of rotatable bonds is 2. The second-order valence-corrected chi connectivity index (χ2v) is 6.59. The van der Waals surface area contributed by atoms with Crippen LogP contribution in [0.1, 0.15) is 45.7 Å². The molecule has 0 radical (unpaired) electrons. The Kier molecular flexibility index (Phi) is 6.90. The lowest BCUT2D eigenvalue weighted by molar-refractivity contribution is -0.137. The Morgan fingerprint density at radius 3 is 2.31 bits per heavy atom. The monoisotopic (exact) mass is 371 g/mol. The van der Waals surface area contributed by atoms with Crippen molar-refractivity contribution in [2.24, 2.45) is 0 Å². The van der Waals surface area contributed by atoms with Crippen LogP contribution in [0, 0.1) is 11.3 Å². The highest BCUT2D eigenvalue weighted by molar-refractivity contribution is 5.69. The molecule has 0 aliphatic carbocycles. The maximum Gasteiger partial charge on any atom is 0.417 e. The number of alkyl carbamates (subject to hydrolysis) is 1. The zero-order valence-electron chi connectivity index (χ0n) is 15.6. The number of hydrogen-bond acceptors (Lipinski definition) is 4. The number of benzene rings is 1. The van der Waals surface area contributed by atoms with Gasteiger partial charge in [-0.25, -0.2) is 4.79 Å². The number of nitrogens with one attached hydrogen (secondary N) is 1. The van der Waals surface area contributed by atoms with Crippen LogP contribution >= 0.6 is 0 Å². The third kappa shape index (κ3) is 5.83. The lowest BCUT2D eigenvalue weighted by Crippen LogP contribution is -2.60. The Labute approximate surface area is 151 Å². The van der Waals surface area contributed by atoms with Gasteiger partial charge < -0.3 is 15.0 Å². The molecular formula is C18H24F3N3O2. The van der Waals surface area contributed by atoms with Gasteiger partial charge in [0.1, 0.15) is 5.60 Å². The number of anilines is 1. The molecule has 0 atom stereocenters. The van der Waals surface area contributed by atoms with Crippen LogP contribution in [0.3, 0.4) is 0 Å². The minimum atomic E-state index is -4.58. The number of hydrogen-bond donors (Lipinski definition) is 1. The van der Waals surface area contributed by atoms with Crippen LogP contribution in [-0.4, -0.2) is 30.8 Å². The highest BCUT2D eigenvalue weighted by Gasteiger charge is 2.36. The first-order valence-corrected chi connectivity index (χ1v) is 8.35. The molecule has 1 aliphatic heterocycles. The number of halogens is 3. The van der Waals surface area contributed by atoms with Crippen molar-refractivity contribution in [3.8, 4) is 6.07 Å². The van der Waals surface area contributed by atoms with E-state index in [1.807, 2.05) is 13.8 Å². The molecule has 0 saturated carbocycles. The summed E-state index contributed by atoms with van der Waals surface area (Å²) in [4.78, 5) is 13.3. The van der Waals surface area contributed by atoms with Gasteiger partial charge in [-0.05, 0) is 39.0 Å². The van der Waals surface area contributed by atoms with Crippen molar-refractivity contribution in [2.75, 3.05) is 18.0 Å². The molecule has 2 rings (SSSR count). The maximum atomic E-state index is 13.0. The van der Waals surface area contributed by atoms with Gasteiger partial charge in [0.25, 0.3) is 0 Å². The van der Waals surface area contributed by atoms with Crippen molar-refractivity contribution in [3.63, 3.8) is 0 Å². The van der Waals surface area contributed by atoms with E-state index in [1.54, 1.807) is 31.7 Å². The molecule has 1 aromatic rings. The van der Waals surface area contributed by atoms with Crippen LogP contribution < -0.4 is 10.2 Å². The first-order valence-electron chi connectivity index (χ1n) is 8.35. The molecule has 1 saturated heterocycles. The molecule has 5 nitrogen and oxygen atoms in total. The fraction of sp³-hybridized carbons (Fsp3) is 0.556. The van der Waals surface area contributed by atoms with Crippen LogP contribution in [0.2, 0.25) is 0 Å². The summed E-state index contributed by atoms with van der Waals surface area (Å²) in [6, 6.07) is 4.95. The van der Waals surface area contributed by atoms with Gasteiger partial charge in [-0.1, -0.05) is 13.8 Å². The van der Waals surface area contributed by atoms with E-state index in [0.717, 1.165) is 12.1 Å². The Morgan fingerprint density at radius 1 is 1.27 bits per heavy atom. The Hall–Kier alpha value is -2.43. The molecule has 1 aromatic carbocycles. The van der Waals surface area contributed by atoms with E-state index in [0.29, 0.717) is 18.8 Å². The highest BCUT2D eigenvalue weighted by Crippen LogP contribution is 2.35. The molecular weight excluding hydrogens is 347 g/mol. The van der Waals surface area contributed by atoms with Crippen LogP contribution in [0.15, 0.2) is 18.2 Å². The van der Waals surface area contributed by atoms with Crippen molar-refractivity contribution >= 4 is 11.8 Å². The minimum Gasteiger partial charge on any atom is -0.444 e. The highest BCUT2D eigenvalue weighted by atomic mass is 19.4. The Bertz CT molecular complexity index is 670. The number of nitriles is 1. The van der Waals surface area contributed by atoms with Crippen LogP contribution in [-0.2, 0) is 10.9 Å². The average molecular weight is 371 g/mol. The van der Waals surface area contributed by atoms with Crippen molar-refractivity contribution < 1.29 is 22.7 Å². The normalized spacial score (nSPS) is 14.5. The van der Waals surface area contributed by atoms with Gasteiger partial charge in [-0.15, -0.1) is 0 Å². The van der Waals surface area contributed by atoms with Crippen molar-refractivity contribution in [1.82, 2.24) is 5.32 Å². The van der Waals surface area contributed by atoms with E-state index < -0.39 is 29.0 Å². The van der Waals surface area contributed by atoms with Crippen LogP contribution in [0.4, 0.5) is 23.7 Å². The molecule has 0 spiro atoms. The van der Waals surface area contributed by atoms with Gasteiger partial charge in [0.2, 0.25) is 0 Å². The summed E-state index contributed by atoms with van der Waals surface area (Å²) in [5.41, 5.74) is -1.60. The summed E-state index contributed by atoms with van der Waals surface area (Å²) >= 11 is 0. The fourth-order valence-electron chi connectivity index (χ4n) is 2.32. The summed E-state index contributed by atoms with van der Waals surface area (Å²) < 4.78 is 44.0. The van der Waals surface area contributed by atoms with Gasteiger partial charge in [-0.2, -0.15) is 18.4 Å². The van der Waals surface area contributed by atoms with Crippen LogP contribution in [0.25, 0.3) is 0 Å². The Morgan fingerprint density at radius 2 is 1.85 bits per heavy atom. The first kappa shape index (κ1) is 21.6. The van der Waals surface area contributed by atoms with Gasteiger partial charge in [0.15, 0.2) is 0 Å². The van der Waals surface area contributed by atoms with Crippen molar-refractivity contribution in [1.29, 1.82) is 5.26 Å². The standard InChI is InChI=1S/C16H18F3N3O2.C2H6/c1-15(2,3)24-14(23)21-11-8-22(9-11)12-5-4-10(7-20)13(6-12)16(17,18)19;1-2/h4-6,11H,8-9H2,1-3H3,(H,21,23);1-2H3. The zero-order chi connectivity index (χ0) is 20.1. The van der Waals surface area contributed by atoms with E-state index in [9.17, 15) is 18.0 Å². The lowest BCUT2D eigenvalue weighted by atomic mass is 10.0. The van der Waals surface area contributed by atoms with Crippen molar-refractivity contribution in [2.45, 2.75) is 52.4 Å². The fourth-order valence-corrected chi connectivity index (χ4v) is 2.32. The molecule has 1 amide bonds. The van der Waals surface area contributed by atoms with Gasteiger partial charge in [-0.3, -0.25) is 0 Å². The third-order valence-electron chi connectivity index (χ3n) is 3.40. The molecule has 1 N–H and O–H groups in total. The second kappa shape index (κ2) is 8.30. The number of carbonyl (C=O) groups is 1. The van der Waals surface area contributed by atoms with Crippen LogP contribution in [0.5, 0.6) is 0 Å². The molecule has 8 heteroatoms. The van der Waals surface area contributed by atoms with E-state index in [1.165, 1.54) is 6.07 Å². The molecule has 1 fully saturated rings. The smallest absolute Gasteiger partial charge is 0.417 e. The van der Waals surface area contributed by atoms with E-state index in [-0.39, 0.29) is 6.04 Å². The number of alkyl halides is 3. The summed E-state index contributed by atoms with van der Waals surface area (Å²) in [6.45, 7) is 9.99.